The summed E-state index contributed by atoms with van der Waals surface area (Å²) in [6.07, 6.45) is 3.38. The normalized spacial score (nSPS) is 18.5. The molecule has 84 valence electrons. The molecule has 15 heavy (non-hydrogen) atoms. The number of aliphatic hydroxyl groups excluding tert-OH is 1. The molecule has 0 aromatic carbocycles. The van der Waals surface area contributed by atoms with Crippen LogP contribution in [0.15, 0.2) is 11.4 Å². The van der Waals surface area contributed by atoms with Crippen LogP contribution in [0.5, 0.6) is 5.75 Å². The standard InChI is InChI=1S/C11H17NO2S/c1-14-9-3-6-15-10(9)7-12-11(8-13)4-2-5-11/h3,6,12-13H,2,4-5,7-8H2,1H3. The zero-order chi connectivity index (χ0) is 10.7. The summed E-state index contributed by atoms with van der Waals surface area (Å²) in [5.74, 6) is 0.944. The lowest BCUT2D eigenvalue weighted by atomic mass is 9.77. The molecule has 1 aliphatic rings. The Kier molecular flexibility index (Phi) is 3.29. The second kappa shape index (κ2) is 4.51. The molecule has 4 heteroatoms. The smallest absolute Gasteiger partial charge is 0.134 e. The van der Waals surface area contributed by atoms with Crippen molar-refractivity contribution in [1.29, 1.82) is 0 Å². The van der Waals surface area contributed by atoms with E-state index in [1.807, 2.05) is 11.4 Å². The van der Waals surface area contributed by atoms with Crippen molar-refractivity contribution in [2.24, 2.45) is 0 Å². The van der Waals surface area contributed by atoms with Gasteiger partial charge in [-0.05, 0) is 30.7 Å². The van der Waals surface area contributed by atoms with Gasteiger partial charge in [0.15, 0.2) is 0 Å². The molecule has 1 aromatic heterocycles. The molecule has 0 radical (unpaired) electrons. The third-order valence-electron chi connectivity index (χ3n) is 3.16. The molecule has 3 nitrogen and oxygen atoms in total. The molecule has 0 amide bonds. The summed E-state index contributed by atoms with van der Waals surface area (Å²) >= 11 is 1.69. The van der Waals surface area contributed by atoms with Gasteiger partial charge in [-0.3, -0.25) is 0 Å². The minimum atomic E-state index is -0.0188. The molecule has 0 saturated heterocycles. The molecule has 0 unspecified atom stereocenters. The van der Waals surface area contributed by atoms with Gasteiger partial charge >= 0.3 is 0 Å². The summed E-state index contributed by atoms with van der Waals surface area (Å²) < 4.78 is 5.24. The Morgan fingerprint density at radius 1 is 1.60 bits per heavy atom. The number of rotatable bonds is 5. The highest BCUT2D eigenvalue weighted by Gasteiger charge is 2.35. The second-order valence-corrected chi connectivity index (χ2v) is 5.06. The van der Waals surface area contributed by atoms with Crippen molar-refractivity contribution in [3.63, 3.8) is 0 Å². The fourth-order valence-corrected chi connectivity index (χ4v) is 2.68. The predicted molar refractivity (Wildman–Crippen MR) is 61.4 cm³/mol. The van der Waals surface area contributed by atoms with Crippen molar-refractivity contribution >= 4 is 11.3 Å². The highest BCUT2D eigenvalue weighted by Crippen LogP contribution is 2.33. The van der Waals surface area contributed by atoms with Gasteiger partial charge in [-0.15, -0.1) is 11.3 Å². The third kappa shape index (κ3) is 2.17. The Balaban J connectivity index is 1.92. The lowest BCUT2D eigenvalue weighted by Gasteiger charge is -2.41. The van der Waals surface area contributed by atoms with Gasteiger partial charge in [-0.1, -0.05) is 0 Å². The summed E-state index contributed by atoms with van der Waals surface area (Å²) in [6.45, 7) is 1.03. The Morgan fingerprint density at radius 2 is 2.40 bits per heavy atom. The average molecular weight is 227 g/mol. The van der Waals surface area contributed by atoms with E-state index >= 15 is 0 Å². The van der Waals surface area contributed by atoms with E-state index < -0.39 is 0 Å². The van der Waals surface area contributed by atoms with E-state index in [0.717, 1.165) is 25.1 Å². The molecule has 1 aliphatic carbocycles. The molecule has 1 heterocycles. The first-order valence-corrected chi connectivity index (χ1v) is 6.14. The van der Waals surface area contributed by atoms with Crippen molar-refractivity contribution in [1.82, 2.24) is 5.32 Å². The van der Waals surface area contributed by atoms with Gasteiger partial charge in [-0.25, -0.2) is 0 Å². The highest BCUT2D eigenvalue weighted by atomic mass is 32.1. The molecule has 2 N–H and O–H groups in total. The molecule has 2 rings (SSSR count). The van der Waals surface area contributed by atoms with Crippen LogP contribution in [0.25, 0.3) is 0 Å². The van der Waals surface area contributed by atoms with Crippen LogP contribution >= 0.6 is 11.3 Å². The van der Waals surface area contributed by atoms with E-state index in [4.69, 9.17) is 4.74 Å². The summed E-state index contributed by atoms with van der Waals surface area (Å²) in [4.78, 5) is 1.21. The number of thiophene rings is 1. The van der Waals surface area contributed by atoms with Crippen molar-refractivity contribution in [2.75, 3.05) is 13.7 Å². The van der Waals surface area contributed by atoms with Gasteiger partial charge in [0.1, 0.15) is 5.75 Å². The van der Waals surface area contributed by atoms with E-state index in [-0.39, 0.29) is 12.1 Å². The quantitative estimate of drug-likeness (QED) is 0.805. The number of hydrogen-bond acceptors (Lipinski definition) is 4. The SMILES string of the molecule is COc1ccsc1CNC1(CO)CCC1. The van der Waals surface area contributed by atoms with Crippen LogP contribution in [-0.4, -0.2) is 24.4 Å². The maximum atomic E-state index is 9.30. The van der Waals surface area contributed by atoms with E-state index in [1.54, 1.807) is 18.4 Å². The first-order valence-electron chi connectivity index (χ1n) is 5.26. The Labute approximate surface area is 94.1 Å². The van der Waals surface area contributed by atoms with Crippen LogP contribution in [0, 0.1) is 0 Å². The fourth-order valence-electron chi connectivity index (χ4n) is 1.90. The molecule has 0 bridgehead atoms. The van der Waals surface area contributed by atoms with Crippen molar-refractivity contribution in [3.8, 4) is 5.75 Å². The minimum absolute atomic E-state index is 0.0188. The Bertz CT molecular complexity index is 315. The van der Waals surface area contributed by atoms with Gasteiger partial charge in [0, 0.05) is 12.1 Å². The fraction of sp³-hybridized carbons (Fsp3) is 0.636. The maximum Gasteiger partial charge on any atom is 0.134 e. The third-order valence-corrected chi connectivity index (χ3v) is 4.06. The van der Waals surface area contributed by atoms with E-state index in [2.05, 4.69) is 5.32 Å². The van der Waals surface area contributed by atoms with Gasteiger partial charge in [0.2, 0.25) is 0 Å². The van der Waals surface area contributed by atoms with Crippen LogP contribution in [-0.2, 0) is 6.54 Å². The molecule has 0 spiro atoms. The van der Waals surface area contributed by atoms with E-state index in [1.165, 1.54) is 11.3 Å². The van der Waals surface area contributed by atoms with E-state index in [0.29, 0.717) is 0 Å². The average Bonchev–Trinajstić information content (AvgIpc) is 2.64. The number of aliphatic hydroxyl groups is 1. The molecular formula is C11H17NO2S. The molecule has 1 aromatic rings. The summed E-state index contributed by atoms with van der Waals surface area (Å²) in [5, 5.41) is 14.8. The van der Waals surface area contributed by atoms with Crippen molar-refractivity contribution in [3.05, 3.63) is 16.3 Å². The lowest BCUT2D eigenvalue weighted by Crippen LogP contribution is -2.53. The highest BCUT2D eigenvalue weighted by molar-refractivity contribution is 7.10. The van der Waals surface area contributed by atoms with E-state index in [9.17, 15) is 5.11 Å². The number of methoxy groups -OCH3 is 1. The number of ether oxygens (including phenoxy) is 1. The second-order valence-electron chi connectivity index (χ2n) is 4.06. The predicted octanol–water partition coefficient (Wildman–Crippen LogP) is 1.76. The van der Waals surface area contributed by atoms with Crippen LogP contribution in [0.3, 0.4) is 0 Å². The van der Waals surface area contributed by atoms with Gasteiger partial charge in [0.05, 0.1) is 18.6 Å². The first-order chi connectivity index (χ1) is 7.29. The van der Waals surface area contributed by atoms with Crippen LogP contribution in [0.2, 0.25) is 0 Å². The van der Waals surface area contributed by atoms with Gasteiger partial charge < -0.3 is 15.2 Å². The van der Waals surface area contributed by atoms with Crippen LogP contribution in [0.4, 0.5) is 0 Å². The van der Waals surface area contributed by atoms with Crippen LogP contribution in [0.1, 0.15) is 24.1 Å². The number of nitrogens with one attached hydrogen (secondary N) is 1. The molecule has 0 aliphatic heterocycles. The zero-order valence-electron chi connectivity index (χ0n) is 8.95. The lowest BCUT2D eigenvalue weighted by molar-refractivity contribution is 0.0873. The molecule has 0 atom stereocenters. The summed E-state index contributed by atoms with van der Waals surface area (Å²) in [6, 6.07) is 1.98. The Hall–Kier alpha value is -0.580. The minimum Gasteiger partial charge on any atom is -0.496 e. The Morgan fingerprint density at radius 3 is 2.93 bits per heavy atom. The molecular weight excluding hydrogens is 210 g/mol. The van der Waals surface area contributed by atoms with Crippen molar-refractivity contribution in [2.45, 2.75) is 31.3 Å². The van der Waals surface area contributed by atoms with Gasteiger partial charge in [0.25, 0.3) is 0 Å². The van der Waals surface area contributed by atoms with Crippen molar-refractivity contribution < 1.29 is 9.84 Å². The largest absolute Gasteiger partial charge is 0.496 e. The maximum absolute atomic E-state index is 9.30. The molecule has 1 saturated carbocycles. The molecule has 1 fully saturated rings. The first kappa shape index (κ1) is 10.9. The summed E-state index contributed by atoms with van der Waals surface area (Å²) in [7, 11) is 1.69. The van der Waals surface area contributed by atoms with Crippen LogP contribution < -0.4 is 10.1 Å². The topological polar surface area (TPSA) is 41.5 Å². The summed E-state index contributed by atoms with van der Waals surface area (Å²) in [5.41, 5.74) is -0.0188. The zero-order valence-corrected chi connectivity index (χ0v) is 9.77. The number of hydrogen-bond donors (Lipinski definition) is 2. The monoisotopic (exact) mass is 227 g/mol. The van der Waals surface area contributed by atoms with Gasteiger partial charge in [-0.2, -0.15) is 0 Å².